The maximum atomic E-state index is 13.3. The molecule has 1 amide bonds. The van der Waals surface area contributed by atoms with Crippen molar-refractivity contribution < 1.29 is 9.53 Å². The van der Waals surface area contributed by atoms with Gasteiger partial charge in [-0.05, 0) is 36.2 Å². The van der Waals surface area contributed by atoms with E-state index in [0.29, 0.717) is 17.8 Å². The van der Waals surface area contributed by atoms with Gasteiger partial charge in [0.25, 0.3) is 5.91 Å². The number of nitrogens with one attached hydrogen (secondary N) is 1. The van der Waals surface area contributed by atoms with E-state index in [2.05, 4.69) is 15.2 Å². The van der Waals surface area contributed by atoms with Crippen molar-refractivity contribution in [1.29, 1.82) is 0 Å². The maximum absolute atomic E-state index is 13.3. The number of aromatic nitrogens is 3. The Labute approximate surface area is 199 Å². The summed E-state index contributed by atoms with van der Waals surface area (Å²) < 4.78 is 7.17. The first-order valence-corrected chi connectivity index (χ1v) is 11.5. The summed E-state index contributed by atoms with van der Waals surface area (Å²) >= 11 is 0. The van der Waals surface area contributed by atoms with E-state index in [9.17, 15) is 4.79 Å². The highest BCUT2D eigenvalue weighted by atomic mass is 16.5. The summed E-state index contributed by atoms with van der Waals surface area (Å²) in [5, 5.41) is 7.82. The van der Waals surface area contributed by atoms with Crippen molar-refractivity contribution in [1.82, 2.24) is 20.1 Å². The van der Waals surface area contributed by atoms with Gasteiger partial charge in [0.2, 0.25) is 0 Å². The Kier molecular flexibility index (Phi) is 6.35. The average molecular weight is 454 g/mol. The number of amides is 1. The highest BCUT2D eigenvalue weighted by Gasteiger charge is 2.20. The third kappa shape index (κ3) is 4.70. The number of nitrogens with zero attached hydrogens (tertiary/aromatic N) is 4. The molecule has 5 rings (SSSR count). The fraction of sp³-hybridized carbons (Fsp3) is 0.222. The van der Waals surface area contributed by atoms with Gasteiger partial charge in [0.15, 0.2) is 0 Å². The van der Waals surface area contributed by atoms with Crippen LogP contribution in [0.1, 0.15) is 21.5 Å². The van der Waals surface area contributed by atoms with Crippen LogP contribution < -0.4 is 10.2 Å². The molecule has 1 aliphatic heterocycles. The zero-order chi connectivity index (χ0) is 23.3. The lowest BCUT2D eigenvalue weighted by Crippen LogP contribution is -2.36. The number of rotatable bonds is 6. The van der Waals surface area contributed by atoms with Crippen molar-refractivity contribution in [2.75, 3.05) is 31.2 Å². The molecule has 0 atom stereocenters. The molecule has 0 bridgehead atoms. The van der Waals surface area contributed by atoms with Gasteiger partial charge in [0.05, 0.1) is 24.5 Å². The Morgan fingerprint density at radius 3 is 2.50 bits per heavy atom. The van der Waals surface area contributed by atoms with Crippen LogP contribution in [-0.4, -0.2) is 47.0 Å². The highest BCUT2D eigenvalue weighted by molar-refractivity contribution is 6.00. The normalized spacial score (nSPS) is 13.6. The smallest absolute Gasteiger partial charge is 0.255 e. The molecule has 2 aromatic heterocycles. The van der Waals surface area contributed by atoms with Gasteiger partial charge in [0, 0.05) is 37.6 Å². The van der Waals surface area contributed by atoms with E-state index < -0.39 is 0 Å². The van der Waals surface area contributed by atoms with E-state index in [1.54, 1.807) is 10.9 Å². The largest absolute Gasteiger partial charge is 0.378 e. The molecule has 7 heteroatoms. The fourth-order valence-corrected chi connectivity index (χ4v) is 4.07. The van der Waals surface area contributed by atoms with Gasteiger partial charge in [-0.25, -0.2) is 9.67 Å². The third-order valence-electron chi connectivity index (χ3n) is 5.98. The summed E-state index contributed by atoms with van der Waals surface area (Å²) in [7, 11) is 0. The predicted molar refractivity (Wildman–Crippen MR) is 132 cm³/mol. The second-order valence-corrected chi connectivity index (χ2v) is 8.29. The van der Waals surface area contributed by atoms with Crippen LogP contribution in [0.5, 0.6) is 0 Å². The maximum Gasteiger partial charge on any atom is 0.255 e. The molecule has 172 valence electrons. The van der Waals surface area contributed by atoms with Crippen molar-refractivity contribution >= 4 is 11.7 Å². The molecule has 0 spiro atoms. The van der Waals surface area contributed by atoms with Crippen LogP contribution in [0.4, 0.5) is 5.82 Å². The van der Waals surface area contributed by atoms with E-state index in [1.807, 2.05) is 79.9 Å². The number of anilines is 1. The summed E-state index contributed by atoms with van der Waals surface area (Å²) in [6.45, 7) is 5.55. The minimum atomic E-state index is -0.169. The van der Waals surface area contributed by atoms with Crippen molar-refractivity contribution in [2.24, 2.45) is 0 Å². The number of aryl methyl sites for hydroxylation is 1. The summed E-state index contributed by atoms with van der Waals surface area (Å²) in [5.41, 5.74) is 5.06. The minimum Gasteiger partial charge on any atom is -0.378 e. The number of carbonyl (C=O) groups excluding carboxylic acids is 1. The van der Waals surface area contributed by atoms with Crippen LogP contribution in [0.25, 0.3) is 16.9 Å². The number of hydrogen-bond acceptors (Lipinski definition) is 5. The molecule has 0 unspecified atom stereocenters. The fourth-order valence-electron chi connectivity index (χ4n) is 4.07. The van der Waals surface area contributed by atoms with E-state index in [0.717, 1.165) is 54.5 Å². The first-order chi connectivity index (χ1) is 16.7. The molecule has 4 aromatic rings. The Hall–Kier alpha value is -3.97. The molecule has 1 fully saturated rings. The first-order valence-electron chi connectivity index (χ1n) is 11.5. The van der Waals surface area contributed by atoms with Crippen molar-refractivity contribution in [3.63, 3.8) is 0 Å². The van der Waals surface area contributed by atoms with Gasteiger partial charge in [0.1, 0.15) is 11.5 Å². The third-order valence-corrected chi connectivity index (χ3v) is 5.98. The molecule has 0 saturated carbocycles. The number of benzene rings is 2. The number of morpholine rings is 1. The monoisotopic (exact) mass is 453 g/mol. The molecule has 0 aliphatic carbocycles. The molecular weight excluding hydrogens is 426 g/mol. The quantitative estimate of drug-likeness (QED) is 0.478. The van der Waals surface area contributed by atoms with Crippen molar-refractivity contribution in [3.8, 4) is 16.9 Å². The average Bonchev–Trinajstić information content (AvgIpc) is 3.34. The van der Waals surface area contributed by atoms with Gasteiger partial charge in [-0.3, -0.25) is 4.79 Å². The SMILES string of the molecule is Cc1ccccc1-c1nn(-c2ccccc2)cc1C(=O)NCc1ccc(N2CCOCC2)nc1. The zero-order valence-electron chi connectivity index (χ0n) is 19.1. The summed E-state index contributed by atoms with van der Waals surface area (Å²) in [5.74, 6) is 0.766. The lowest BCUT2D eigenvalue weighted by Gasteiger charge is -2.27. The van der Waals surface area contributed by atoms with Crippen molar-refractivity contribution in [3.05, 3.63) is 95.8 Å². The van der Waals surface area contributed by atoms with Gasteiger partial charge in [-0.2, -0.15) is 5.10 Å². The second-order valence-electron chi connectivity index (χ2n) is 8.29. The number of para-hydroxylation sites is 1. The molecule has 1 aliphatic rings. The molecule has 34 heavy (non-hydrogen) atoms. The van der Waals surface area contributed by atoms with Crippen LogP contribution in [0.2, 0.25) is 0 Å². The molecule has 3 heterocycles. The van der Waals surface area contributed by atoms with Crippen molar-refractivity contribution in [2.45, 2.75) is 13.5 Å². The van der Waals surface area contributed by atoms with Gasteiger partial charge >= 0.3 is 0 Å². The standard InChI is InChI=1S/C27H27N5O2/c1-20-7-5-6-10-23(20)26-24(19-32(30-26)22-8-3-2-4-9-22)27(33)29-18-21-11-12-25(28-17-21)31-13-15-34-16-14-31/h2-12,17,19H,13-16,18H2,1H3,(H,29,33). The Morgan fingerprint density at radius 2 is 1.76 bits per heavy atom. The zero-order valence-corrected chi connectivity index (χ0v) is 19.1. The number of pyridine rings is 1. The Balaban J connectivity index is 1.36. The lowest BCUT2D eigenvalue weighted by molar-refractivity contribution is 0.0951. The Bertz CT molecular complexity index is 1260. The molecular formula is C27H27N5O2. The van der Waals surface area contributed by atoms with E-state index >= 15 is 0 Å². The molecule has 7 nitrogen and oxygen atoms in total. The molecule has 2 aromatic carbocycles. The number of carbonyl (C=O) groups is 1. The first kappa shape index (κ1) is 21.9. The topological polar surface area (TPSA) is 72.3 Å². The van der Waals surface area contributed by atoms with Crippen LogP contribution in [0.3, 0.4) is 0 Å². The highest BCUT2D eigenvalue weighted by Crippen LogP contribution is 2.26. The summed E-state index contributed by atoms with van der Waals surface area (Å²) in [4.78, 5) is 20.1. The number of hydrogen-bond donors (Lipinski definition) is 1. The minimum absolute atomic E-state index is 0.169. The van der Waals surface area contributed by atoms with Gasteiger partial charge in [-0.15, -0.1) is 0 Å². The van der Waals surface area contributed by atoms with E-state index in [1.165, 1.54) is 0 Å². The second kappa shape index (κ2) is 9.89. The van der Waals surface area contributed by atoms with Crippen LogP contribution >= 0.6 is 0 Å². The Morgan fingerprint density at radius 1 is 1.00 bits per heavy atom. The van der Waals surface area contributed by atoms with Gasteiger partial charge < -0.3 is 15.0 Å². The van der Waals surface area contributed by atoms with E-state index in [4.69, 9.17) is 9.84 Å². The van der Waals surface area contributed by atoms with Crippen LogP contribution in [0.15, 0.2) is 79.1 Å². The molecule has 1 N–H and O–H groups in total. The van der Waals surface area contributed by atoms with Crippen LogP contribution in [-0.2, 0) is 11.3 Å². The predicted octanol–water partition coefficient (Wildman–Crippen LogP) is 4.01. The lowest BCUT2D eigenvalue weighted by atomic mass is 10.0. The summed E-state index contributed by atoms with van der Waals surface area (Å²) in [6.07, 6.45) is 3.62. The van der Waals surface area contributed by atoms with Crippen LogP contribution in [0, 0.1) is 6.92 Å². The molecule has 1 saturated heterocycles. The van der Waals surface area contributed by atoms with Gasteiger partial charge in [-0.1, -0.05) is 48.5 Å². The van der Waals surface area contributed by atoms with E-state index in [-0.39, 0.29) is 5.91 Å². The number of ether oxygens (including phenoxy) is 1. The summed E-state index contributed by atoms with van der Waals surface area (Å²) in [6, 6.07) is 21.8. The molecule has 0 radical (unpaired) electrons.